The number of hydrogen-bond donors (Lipinski definition) is 0. The van der Waals surface area contributed by atoms with E-state index in [0.29, 0.717) is 0 Å². The lowest BCUT2D eigenvalue weighted by Gasteiger charge is -2.32. The Morgan fingerprint density at radius 3 is 1.89 bits per heavy atom. The Morgan fingerprint density at radius 2 is 1.50 bits per heavy atom. The van der Waals surface area contributed by atoms with E-state index in [1.807, 2.05) is 0 Å². The average molecular weight is 254 g/mol. The van der Waals surface area contributed by atoms with Crippen LogP contribution in [0.4, 0.5) is 0 Å². The van der Waals surface area contributed by atoms with Crippen LogP contribution in [0.5, 0.6) is 0 Å². The maximum Gasteiger partial charge on any atom is 0.00927 e. The van der Waals surface area contributed by atoms with E-state index in [1.165, 1.54) is 58.0 Å². The molecular weight excluding hydrogens is 218 g/mol. The summed E-state index contributed by atoms with van der Waals surface area (Å²) in [6.45, 7) is 14.1. The molecule has 0 amide bonds. The summed E-state index contributed by atoms with van der Waals surface area (Å²) in [5, 5.41) is 0. The van der Waals surface area contributed by atoms with Gasteiger partial charge in [-0.1, -0.05) is 47.5 Å². The minimum Gasteiger partial charge on any atom is -0.300 e. The van der Waals surface area contributed by atoms with Crippen molar-refractivity contribution in [2.75, 3.05) is 13.1 Å². The van der Waals surface area contributed by atoms with Crippen LogP contribution in [-0.4, -0.2) is 24.0 Å². The molecule has 2 atom stereocenters. The predicted molar refractivity (Wildman–Crippen MR) is 83.8 cm³/mol. The van der Waals surface area contributed by atoms with Crippen LogP contribution in [0.3, 0.4) is 0 Å². The van der Waals surface area contributed by atoms with Gasteiger partial charge >= 0.3 is 0 Å². The predicted octanol–water partition coefficient (Wildman–Crippen LogP) is 5.31. The molecule has 0 fully saturated rings. The minimum absolute atomic E-state index is 0.776. The first kappa shape index (κ1) is 18.0. The average Bonchev–Trinajstić information content (AvgIpc) is 2.40. The Balaban J connectivity index is 4.20. The SMILES string of the molecule is C[CH]C(C)CCC(CC)N(CCCC)CCCC. The molecule has 0 aliphatic rings. The minimum atomic E-state index is 0.776. The smallest absolute Gasteiger partial charge is 0.00927 e. The molecule has 1 nitrogen and oxygen atoms in total. The van der Waals surface area contributed by atoms with E-state index in [1.54, 1.807) is 0 Å². The Bertz CT molecular complexity index is 159. The zero-order valence-corrected chi connectivity index (χ0v) is 13.5. The van der Waals surface area contributed by atoms with E-state index in [0.717, 1.165) is 12.0 Å². The molecule has 0 rings (SSSR count). The molecular formula is C17H36N. The summed E-state index contributed by atoms with van der Waals surface area (Å²) < 4.78 is 0. The molecule has 0 aromatic carbocycles. The third-order valence-corrected chi connectivity index (χ3v) is 4.11. The number of nitrogens with zero attached hydrogens (tertiary/aromatic N) is 1. The van der Waals surface area contributed by atoms with E-state index in [2.05, 4.69) is 45.9 Å². The van der Waals surface area contributed by atoms with Gasteiger partial charge in [-0.3, -0.25) is 0 Å². The van der Waals surface area contributed by atoms with Gasteiger partial charge in [-0.2, -0.15) is 0 Å². The molecule has 1 radical (unpaired) electrons. The molecule has 0 bridgehead atoms. The van der Waals surface area contributed by atoms with E-state index >= 15 is 0 Å². The Morgan fingerprint density at radius 1 is 0.944 bits per heavy atom. The molecule has 18 heavy (non-hydrogen) atoms. The van der Waals surface area contributed by atoms with E-state index in [9.17, 15) is 0 Å². The summed E-state index contributed by atoms with van der Waals surface area (Å²) in [5.74, 6) is 0.776. The van der Waals surface area contributed by atoms with Gasteiger partial charge in [-0.15, -0.1) is 0 Å². The highest BCUT2D eigenvalue weighted by Crippen LogP contribution is 2.18. The Labute approximate surface area is 116 Å². The van der Waals surface area contributed by atoms with Crippen LogP contribution in [0, 0.1) is 12.3 Å². The van der Waals surface area contributed by atoms with Crippen LogP contribution in [0.1, 0.15) is 79.6 Å². The molecule has 0 N–H and O–H groups in total. The van der Waals surface area contributed by atoms with Crippen molar-refractivity contribution in [2.24, 2.45) is 5.92 Å². The van der Waals surface area contributed by atoms with Gasteiger partial charge in [0.25, 0.3) is 0 Å². The molecule has 0 aliphatic heterocycles. The zero-order chi connectivity index (χ0) is 13.8. The fourth-order valence-electron chi connectivity index (χ4n) is 2.47. The van der Waals surface area contributed by atoms with E-state index < -0.39 is 0 Å². The van der Waals surface area contributed by atoms with Gasteiger partial charge in [0.1, 0.15) is 0 Å². The topological polar surface area (TPSA) is 3.24 Å². The molecule has 0 aliphatic carbocycles. The van der Waals surface area contributed by atoms with Gasteiger partial charge in [-0.05, 0) is 57.5 Å². The maximum absolute atomic E-state index is 2.76. The lowest BCUT2D eigenvalue weighted by molar-refractivity contribution is 0.170. The zero-order valence-electron chi connectivity index (χ0n) is 13.5. The number of rotatable bonds is 12. The summed E-state index contributed by atoms with van der Waals surface area (Å²) >= 11 is 0. The van der Waals surface area contributed by atoms with Crippen LogP contribution < -0.4 is 0 Å². The van der Waals surface area contributed by atoms with Crippen molar-refractivity contribution in [3.05, 3.63) is 6.42 Å². The van der Waals surface area contributed by atoms with E-state index in [-0.39, 0.29) is 0 Å². The van der Waals surface area contributed by atoms with Crippen LogP contribution in [-0.2, 0) is 0 Å². The summed E-state index contributed by atoms with van der Waals surface area (Å²) in [7, 11) is 0. The highest BCUT2D eigenvalue weighted by atomic mass is 15.1. The standard InChI is InChI=1S/C17H36N/c1-6-10-14-18(15-11-7-2)17(9-4)13-12-16(5)8-3/h8,16-17H,6-7,9-15H2,1-5H3. The second-order valence-electron chi connectivity index (χ2n) is 5.69. The fourth-order valence-corrected chi connectivity index (χ4v) is 2.47. The highest BCUT2D eigenvalue weighted by molar-refractivity contribution is 4.74. The number of unbranched alkanes of at least 4 members (excludes halogenated alkanes) is 2. The molecule has 0 spiro atoms. The fraction of sp³-hybridized carbons (Fsp3) is 0.941. The molecule has 0 aromatic rings. The lowest BCUT2D eigenvalue weighted by Crippen LogP contribution is -2.36. The van der Waals surface area contributed by atoms with Crippen molar-refractivity contribution < 1.29 is 0 Å². The highest BCUT2D eigenvalue weighted by Gasteiger charge is 2.16. The first-order valence-corrected chi connectivity index (χ1v) is 8.22. The summed E-state index contributed by atoms with van der Waals surface area (Å²) in [6, 6.07) is 0.811. The lowest BCUT2D eigenvalue weighted by atomic mass is 9.97. The third-order valence-electron chi connectivity index (χ3n) is 4.11. The summed E-state index contributed by atoms with van der Waals surface area (Å²) in [6.07, 6.45) is 11.7. The van der Waals surface area contributed by atoms with Gasteiger partial charge < -0.3 is 4.90 Å². The largest absolute Gasteiger partial charge is 0.300 e. The van der Waals surface area contributed by atoms with Crippen LogP contribution in [0.15, 0.2) is 0 Å². The van der Waals surface area contributed by atoms with Crippen LogP contribution in [0.25, 0.3) is 0 Å². The van der Waals surface area contributed by atoms with Crippen molar-refractivity contribution >= 4 is 0 Å². The maximum atomic E-state index is 2.76. The van der Waals surface area contributed by atoms with Gasteiger partial charge in [0.2, 0.25) is 0 Å². The van der Waals surface area contributed by atoms with Crippen molar-refractivity contribution in [1.82, 2.24) is 4.90 Å². The van der Waals surface area contributed by atoms with Gasteiger partial charge in [0.05, 0.1) is 0 Å². The molecule has 0 aromatic heterocycles. The molecule has 0 heterocycles. The van der Waals surface area contributed by atoms with Crippen molar-refractivity contribution in [1.29, 1.82) is 0 Å². The van der Waals surface area contributed by atoms with Crippen molar-refractivity contribution in [3.63, 3.8) is 0 Å². The van der Waals surface area contributed by atoms with Crippen LogP contribution in [0.2, 0.25) is 0 Å². The van der Waals surface area contributed by atoms with Gasteiger partial charge in [0, 0.05) is 6.04 Å². The van der Waals surface area contributed by atoms with E-state index in [4.69, 9.17) is 0 Å². The molecule has 2 unspecified atom stereocenters. The first-order valence-electron chi connectivity index (χ1n) is 8.22. The summed E-state index contributed by atoms with van der Waals surface area (Å²) in [5.41, 5.74) is 0. The Hall–Kier alpha value is -0.0400. The second kappa shape index (κ2) is 12.0. The molecule has 0 saturated heterocycles. The van der Waals surface area contributed by atoms with Gasteiger partial charge in [0.15, 0.2) is 0 Å². The summed E-state index contributed by atoms with van der Waals surface area (Å²) in [4.78, 5) is 2.76. The molecule has 1 heteroatoms. The molecule has 109 valence electrons. The monoisotopic (exact) mass is 254 g/mol. The van der Waals surface area contributed by atoms with Crippen molar-refractivity contribution in [2.45, 2.75) is 85.6 Å². The third kappa shape index (κ3) is 8.13. The van der Waals surface area contributed by atoms with Crippen LogP contribution >= 0.6 is 0 Å². The normalized spacial score (nSPS) is 15.0. The van der Waals surface area contributed by atoms with Crippen molar-refractivity contribution in [3.8, 4) is 0 Å². The first-order chi connectivity index (χ1) is 8.69. The molecule has 0 saturated carbocycles. The Kier molecular flexibility index (Phi) is 12.0. The number of hydrogen-bond acceptors (Lipinski definition) is 1. The van der Waals surface area contributed by atoms with Gasteiger partial charge in [-0.25, -0.2) is 0 Å². The second-order valence-corrected chi connectivity index (χ2v) is 5.69. The quantitative estimate of drug-likeness (QED) is 0.456.